The lowest BCUT2D eigenvalue weighted by molar-refractivity contribution is -0.385. The molecule has 1 heterocycles. The third kappa shape index (κ3) is 8.23. The van der Waals surface area contributed by atoms with Crippen molar-refractivity contribution in [2.75, 3.05) is 13.1 Å². The predicted molar refractivity (Wildman–Crippen MR) is 142 cm³/mol. The number of amides is 1. The molecule has 0 spiro atoms. The number of carbonyl (C=O) groups is 1. The third-order valence-electron chi connectivity index (χ3n) is 7.58. The summed E-state index contributed by atoms with van der Waals surface area (Å²) in [5.41, 5.74) is 0.112. The van der Waals surface area contributed by atoms with Gasteiger partial charge in [-0.05, 0) is 80.6 Å². The zero-order chi connectivity index (χ0) is 31.6. The third-order valence-corrected chi connectivity index (χ3v) is 9.05. The first-order valence-corrected chi connectivity index (χ1v) is 15.1. The topological polar surface area (TPSA) is 122 Å². The van der Waals surface area contributed by atoms with Crippen LogP contribution in [0.1, 0.15) is 66.8 Å². The molecule has 2 aromatic rings. The fraction of sp³-hybridized carbons (Fsp3) is 0.519. The minimum Gasteiger partial charge on any atom is -0.349 e. The van der Waals surface area contributed by atoms with Crippen LogP contribution >= 0.6 is 0 Å². The molecule has 1 amide bonds. The van der Waals surface area contributed by atoms with Gasteiger partial charge in [0.25, 0.3) is 5.69 Å². The second-order valence-electron chi connectivity index (χ2n) is 10.7. The number of sulfonamides is 1. The van der Waals surface area contributed by atoms with Gasteiger partial charge in [0.05, 0.1) is 27.8 Å². The summed E-state index contributed by atoms with van der Waals surface area (Å²) in [6.07, 6.45) is -7.15. The summed E-state index contributed by atoms with van der Waals surface area (Å²) >= 11 is 0. The highest BCUT2D eigenvalue weighted by Crippen LogP contribution is 2.36. The van der Waals surface area contributed by atoms with Crippen LogP contribution in [0, 0.1) is 10.1 Å². The number of alkyl halides is 6. The molecule has 0 radical (unpaired) electrons. The van der Waals surface area contributed by atoms with Crippen molar-refractivity contribution in [3.8, 4) is 0 Å². The van der Waals surface area contributed by atoms with Crippen molar-refractivity contribution in [2.45, 2.75) is 80.8 Å². The number of piperidine rings is 1. The normalized spacial score (nSPS) is 19.0. The molecule has 1 saturated heterocycles. The van der Waals surface area contributed by atoms with Gasteiger partial charge in [-0.25, -0.2) is 8.42 Å². The van der Waals surface area contributed by atoms with Crippen LogP contribution in [-0.4, -0.2) is 49.5 Å². The molecule has 1 fully saturated rings. The van der Waals surface area contributed by atoms with Crippen LogP contribution in [0.3, 0.4) is 0 Å². The molecule has 1 aliphatic carbocycles. The number of likely N-dealkylation sites (tertiary alicyclic amines) is 1. The van der Waals surface area contributed by atoms with Crippen LogP contribution in [0.15, 0.2) is 41.3 Å². The number of rotatable bonds is 9. The molecular formula is C27H30F6N4O5S. The number of hydrogen-bond acceptors (Lipinski definition) is 6. The highest BCUT2D eigenvalue weighted by atomic mass is 32.2. The Labute approximate surface area is 243 Å². The summed E-state index contributed by atoms with van der Waals surface area (Å²) in [5.74, 6) is -1.19. The molecule has 2 aromatic carbocycles. The van der Waals surface area contributed by atoms with Crippen molar-refractivity contribution in [3.63, 3.8) is 0 Å². The van der Waals surface area contributed by atoms with Gasteiger partial charge in [0, 0.05) is 18.2 Å². The van der Waals surface area contributed by atoms with Crippen LogP contribution < -0.4 is 10.0 Å². The van der Waals surface area contributed by atoms with E-state index in [1.54, 1.807) is 6.07 Å². The summed E-state index contributed by atoms with van der Waals surface area (Å²) < 4.78 is 107. The summed E-state index contributed by atoms with van der Waals surface area (Å²) in [6, 6.07) is 1.46. The van der Waals surface area contributed by atoms with Crippen molar-refractivity contribution in [1.82, 2.24) is 14.9 Å². The lowest BCUT2D eigenvalue weighted by atomic mass is 9.85. The van der Waals surface area contributed by atoms with Crippen LogP contribution in [0.25, 0.3) is 0 Å². The Morgan fingerprint density at radius 1 is 1.05 bits per heavy atom. The Hall–Kier alpha value is -3.24. The van der Waals surface area contributed by atoms with Crippen molar-refractivity contribution >= 4 is 21.6 Å². The zero-order valence-corrected chi connectivity index (χ0v) is 23.6. The summed E-state index contributed by atoms with van der Waals surface area (Å²) in [5, 5.41) is 14.4. The number of nitrogens with one attached hydrogen (secondary N) is 2. The molecule has 2 aliphatic rings. The Bertz CT molecular complexity index is 1460. The van der Waals surface area contributed by atoms with Crippen LogP contribution in [0.4, 0.5) is 32.0 Å². The first kappa shape index (κ1) is 32.7. The molecule has 9 nitrogen and oxygen atoms in total. The number of nitro benzene ring substituents is 1. The maximum atomic E-state index is 13.8. The Morgan fingerprint density at radius 3 is 2.37 bits per heavy atom. The summed E-state index contributed by atoms with van der Waals surface area (Å²) in [7, 11) is -5.11. The fourth-order valence-corrected chi connectivity index (χ4v) is 6.72. The van der Waals surface area contributed by atoms with Crippen LogP contribution in [0.5, 0.6) is 0 Å². The number of carbonyl (C=O) groups excluding carboxylic acids is 1. The molecule has 4 rings (SSSR count). The van der Waals surface area contributed by atoms with Gasteiger partial charge in [-0.1, -0.05) is 12.5 Å². The minimum atomic E-state index is -5.27. The van der Waals surface area contributed by atoms with E-state index in [4.69, 9.17) is 0 Å². The lowest BCUT2D eigenvalue weighted by Crippen LogP contribution is -2.48. The van der Waals surface area contributed by atoms with Gasteiger partial charge in [0.1, 0.15) is 6.04 Å². The van der Waals surface area contributed by atoms with Gasteiger partial charge in [0.2, 0.25) is 15.9 Å². The van der Waals surface area contributed by atoms with Gasteiger partial charge in [0.15, 0.2) is 0 Å². The van der Waals surface area contributed by atoms with Crippen molar-refractivity contribution in [3.05, 3.63) is 68.8 Å². The van der Waals surface area contributed by atoms with E-state index in [1.807, 2.05) is 0 Å². The average molecular weight is 637 g/mol. The number of benzene rings is 2. The number of fused-ring (bicyclic) bond motifs is 1. The van der Waals surface area contributed by atoms with E-state index in [0.717, 1.165) is 44.0 Å². The highest BCUT2D eigenvalue weighted by molar-refractivity contribution is 7.89. The molecule has 1 aliphatic heterocycles. The van der Waals surface area contributed by atoms with Crippen molar-refractivity contribution in [1.29, 1.82) is 0 Å². The van der Waals surface area contributed by atoms with Gasteiger partial charge in [-0.3, -0.25) is 19.8 Å². The molecule has 0 unspecified atom stereocenters. The van der Waals surface area contributed by atoms with Crippen molar-refractivity contribution in [2.24, 2.45) is 0 Å². The molecule has 0 aromatic heterocycles. The molecule has 43 heavy (non-hydrogen) atoms. The highest BCUT2D eigenvalue weighted by Gasteiger charge is 2.44. The Kier molecular flexibility index (Phi) is 9.71. The molecule has 2 N–H and O–H groups in total. The van der Waals surface area contributed by atoms with Gasteiger partial charge >= 0.3 is 12.4 Å². The summed E-state index contributed by atoms with van der Waals surface area (Å²) in [6.45, 7) is 2.00. The average Bonchev–Trinajstić information content (AvgIpc) is 2.92. The standard InChI is InChI=1S/C27H30F6N4O5S/c28-26(29,30)19-7-5-8-20(13-19)43(41,42)35-24(27(31,32)33)15-25(38)34-22-9-4-6-17-12-18(16-36-10-2-1-3-11-36)23(37(39)40)14-21(17)22/h5,7-8,12-14,22,24,35H,1-4,6,9-11,15-16H2,(H,34,38)/t22-,24-/m1/s1. The van der Waals surface area contributed by atoms with Crippen molar-refractivity contribution < 1.29 is 44.5 Å². The van der Waals surface area contributed by atoms with Crippen LogP contribution in [0.2, 0.25) is 0 Å². The molecule has 236 valence electrons. The molecular weight excluding hydrogens is 606 g/mol. The maximum absolute atomic E-state index is 13.8. The fourth-order valence-electron chi connectivity index (χ4n) is 5.46. The van der Waals surface area contributed by atoms with Gasteiger partial charge in [-0.15, -0.1) is 0 Å². The first-order chi connectivity index (χ1) is 20.0. The minimum absolute atomic E-state index is 0.160. The largest absolute Gasteiger partial charge is 0.416 e. The van der Waals surface area contributed by atoms with Gasteiger partial charge < -0.3 is 5.32 Å². The second-order valence-corrected chi connectivity index (χ2v) is 12.4. The smallest absolute Gasteiger partial charge is 0.349 e. The van der Waals surface area contributed by atoms with E-state index >= 15 is 0 Å². The monoisotopic (exact) mass is 636 g/mol. The Balaban J connectivity index is 1.52. The maximum Gasteiger partial charge on any atom is 0.416 e. The van der Waals surface area contributed by atoms with E-state index in [2.05, 4.69) is 10.2 Å². The quantitative estimate of drug-likeness (QED) is 0.216. The summed E-state index contributed by atoms with van der Waals surface area (Å²) in [4.78, 5) is 25.2. The number of halogens is 6. The number of nitrogens with zero attached hydrogens (tertiary/aromatic N) is 2. The number of hydrogen-bond donors (Lipinski definition) is 2. The number of nitro groups is 1. The van der Waals surface area contributed by atoms with Gasteiger partial charge in [-0.2, -0.15) is 31.1 Å². The lowest BCUT2D eigenvalue weighted by Gasteiger charge is -2.29. The molecule has 2 atom stereocenters. The van der Waals surface area contributed by atoms with E-state index in [9.17, 15) is 49.7 Å². The predicted octanol–water partition coefficient (Wildman–Crippen LogP) is 5.39. The van der Waals surface area contributed by atoms with E-state index < -0.39 is 62.2 Å². The van der Waals surface area contributed by atoms with Crippen LogP contribution in [-0.2, 0) is 34.0 Å². The molecule has 0 bridgehead atoms. The second kappa shape index (κ2) is 12.8. The number of aryl methyl sites for hydroxylation is 1. The van der Waals surface area contributed by atoms with E-state index in [1.165, 1.54) is 10.8 Å². The SMILES string of the molecule is O=C(C[C@@H](NS(=O)(=O)c1cccc(C(F)(F)F)c1)C(F)(F)F)N[C@@H]1CCCc2cc(CN3CCCCC3)c([N+](=O)[O-])cc21. The van der Waals surface area contributed by atoms with E-state index in [-0.39, 0.29) is 18.2 Å². The molecule has 0 saturated carbocycles. The Morgan fingerprint density at radius 2 is 1.74 bits per heavy atom. The van der Waals surface area contributed by atoms with E-state index in [0.29, 0.717) is 42.6 Å². The zero-order valence-electron chi connectivity index (χ0n) is 22.8. The molecule has 16 heteroatoms. The first-order valence-electron chi connectivity index (χ1n) is 13.6.